The predicted octanol–water partition coefficient (Wildman–Crippen LogP) is 10.3. The summed E-state index contributed by atoms with van der Waals surface area (Å²) in [6.07, 6.45) is 29.8. The molecule has 1 atom stereocenters. The first-order chi connectivity index (χ1) is 17.6. The topological polar surface area (TPSA) is 52.6 Å². The highest BCUT2D eigenvalue weighted by atomic mass is 16.5. The summed E-state index contributed by atoms with van der Waals surface area (Å²) >= 11 is 0. The summed E-state index contributed by atoms with van der Waals surface area (Å²) in [5.41, 5.74) is 0. The first kappa shape index (κ1) is 34.9. The maximum Gasteiger partial charge on any atom is 0.306 e. The highest BCUT2D eigenvalue weighted by Gasteiger charge is 2.12. The number of carbonyl (C=O) groups excluding carboxylic acids is 2. The number of carbonyl (C=O) groups is 2. The third kappa shape index (κ3) is 27.5. The number of ether oxygens (including phenoxy) is 2. The van der Waals surface area contributed by atoms with Crippen LogP contribution in [0.2, 0.25) is 0 Å². The summed E-state index contributed by atoms with van der Waals surface area (Å²) < 4.78 is 10.7. The fourth-order valence-electron chi connectivity index (χ4n) is 4.67. The number of unbranched alkanes of at least 4 members (excludes halogenated alkanes) is 20. The van der Waals surface area contributed by atoms with Gasteiger partial charge in [0, 0.05) is 0 Å². The Bertz CT molecular complexity index is 477. The van der Waals surface area contributed by atoms with Crippen molar-refractivity contribution in [2.45, 2.75) is 187 Å². The van der Waals surface area contributed by atoms with Crippen LogP contribution in [0.1, 0.15) is 181 Å². The van der Waals surface area contributed by atoms with Gasteiger partial charge in [-0.2, -0.15) is 0 Å². The molecule has 0 saturated heterocycles. The van der Waals surface area contributed by atoms with Crippen LogP contribution in [0, 0.1) is 0 Å². The zero-order chi connectivity index (χ0) is 26.5. The molecule has 0 heterocycles. The van der Waals surface area contributed by atoms with Crippen LogP contribution in [0.15, 0.2) is 0 Å². The Labute approximate surface area is 225 Å². The molecule has 0 aromatic rings. The lowest BCUT2D eigenvalue weighted by atomic mass is 10.0. The number of hydrogen-bond acceptors (Lipinski definition) is 4. The van der Waals surface area contributed by atoms with Crippen molar-refractivity contribution in [2.24, 2.45) is 0 Å². The highest BCUT2D eigenvalue weighted by Crippen LogP contribution is 2.14. The van der Waals surface area contributed by atoms with E-state index in [9.17, 15) is 9.59 Å². The monoisotopic (exact) mass is 510 g/mol. The van der Waals surface area contributed by atoms with E-state index in [1.54, 1.807) is 0 Å². The van der Waals surface area contributed by atoms with Crippen molar-refractivity contribution in [2.75, 3.05) is 6.61 Å². The average Bonchev–Trinajstić information content (AvgIpc) is 2.86. The average molecular weight is 511 g/mol. The third-order valence-corrected chi connectivity index (χ3v) is 7.09. The first-order valence-corrected chi connectivity index (χ1v) is 15.9. The molecular formula is C32H62O4. The van der Waals surface area contributed by atoms with E-state index in [4.69, 9.17) is 9.47 Å². The van der Waals surface area contributed by atoms with Gasteiger partial charge in [0.05, 0.1) is 25.6 Å². The second kappa shape index (κ2) is 28.5. The van der Waals surface area contributed by atoms with Gasteiger partial charge in [-0.3, -0.25) is 9.59 Å². The van der Waals surface area contributed by atoms with Gasteiger partial charge in [-0.15, -0.1) is 0 Å². The minimum atomic E-state index is -0.284. The van der Waals surface area contributed by atoms with E-state index in [2.05, 4.69) is 13.8 Å². The van der Waals surface area contributed by atoms with Crippen LogP contribution in [0.25, 0.3) is 0 Å². The highest BCUT2D eigenvalue weighted by molar-refractivity contribution is 5.77. The third-order valence-electron chi connectivity index (χ3n) is 7.09. The normalized spacial score (nSPS) is 12.0. The van der Waals surface area contributed by atoms with E-state index in [1.165, 1.54) is 122 Å². The van der Waals surface area contributed by atoms with Crippen molar-refractivity contribution in [3.05, 3.63) is 0 Å². The van der Waals surface area contributed by atoms with Gasteiger partial charge in [-0.05, 0) is 26.2 Å². The lowest BCUT2D eigenvalue weighted by Gasteiger charge is -2.13. The molecule has 0 aliphatic heterocycles. The van der Waals surface area contributed by atoms with Crippen molar-refractivity contribution < 1.29 is 19.1 Å². The Morgan fingerprint density at radius 3 is 1.31 bits per heavy atom. The molecule has 4 nitrogen and oxygen atoms in total. The van der Waals surface area contributed by atoms with Gasteiger partial charge in [0.25, 0.3) is 0 Å². The molecule has 0 aromatic carbocycles. The van der Waals surface area contributed by atoms with Crippen molar-refractivity contribution in [3.8, 4) is 0 Å². The van der Waals surface area contributed by atoms with Gasteiger partial charge >= 0.3 is 11.9 Å². The van der Waals surface area contributed by atoms with Gasteiger partial charge < -0.3 is 9.47 Å². The fraction of sp³-hybridized carbons (Fsp3) is 0.938. The van der Waals surface area contributed by atoms with E-state index < -0.39 is 0 Å². The summed E-state index contributed by atoms with van der Waals surface area (Å²) in [5.74, 6) is -0.565. The van der Waals surface area contributed by atoms with E-state index in [0.29, 0.717) is 6.61 Å². The van der Waals surface area contributed by atoms with Crippen LogP contribution in [0.4, 0.5) is 0 Å². The van der Waals surface area contributed by atoms with E-state index in [-0.39, 0.29) is 30.9 Å². The second-order valence-electron chi connectivity index (χ2n) is 10.9. The van der Waals surface area contributed by atoms with Crippen LogP contribution < -0.4 is 0 Å². The molecule has 0 aromatic heterocycles. The molecule has 0 rings (SSSR count). The molecule has 0 fully saturated rings. The summed E-state index contributed by atoms with van der Waals surface area (Å²) in [5, 5.41) is 0. The van der Waals surface area contributed by atoms with E-state index in [1.807, 2.05) is 6.92 Å². The Kier molecular flexibility index (Phi) is 27.7. The Balaban J connectivity index is 3.36. The van der Waals surface area contributed by atoms with Crippen LogP contribution in [0.5, 0.6) is 0 Å². The lowest BCUT2D eigenvalue weighted by molar-refractivity contribution is -0.153. The second-order valence-corrected chi connectivity index (χ2v) is 10.9. The molecule has 214 valence electrons. The molecular weight excluding hydrogens is 448 g/mol. The van der Waals surface area contributed by atoms with Crippen LogP contribution in [-0.2, 0) is 19.1 Å². The van der Waals surface area contributed by atoms with Crippen LogP contribution in [0.3, 0.4) is 0 Å². The lowest BCUT2D eigenvalue weighted by Crippen LogP contribution is -2.16. The maximum atomic E-state index is 11.9. The SMILES string of the molecule is CCCCCCCCCCCCCCCCCCOC(=O)CCC(=O)OC(C)CCCCCCCC. The largest absolute Gasteiger partial charge is 0.466 e. The van der Waals surface area contributed by atoms with Crippen LogP contribution in [-0.4, -0.2) is 24.6 Å². The minimum Gasteiger partial charge on any atom is -0.466 e. The van der Waals surface area contributed by atoms with Gasteiger partial charge in [-0.25, -0.2) is 0 Å². The maximum absolute atomic E-state index is 11.9. The molecule has 0 aliphatic carbocycles. The number of hydrogen-bond donors (Lipinski definition) is 0. The molecule has 0 radical (unpaired) electrons. The number of rotatable bonds is 28. The van der Waals surface area contributed by atoms with Gasteiger partial charge in [-0.1, -0.05) is 142 Å². The van der Waals surface area contributed by atoms with Crippen molar-refractivity contribution in [3.63, 3.8) is 0 Å². The molecule has 4 heteroatoms. The fourth-order valence-corrected chi connectivity index (χ4v) is 4.67. The summed E-state index contributed by atoms with van der Waals surface area (Å²) in [4.78, 5) is 23.8. The Morgan fingerprint density at radius 1 is 0.500 bits per heavy atom. The van der Waals surface area contributed by atoms with Crippen LogP contribution >= 0.6 is 0 Å². The quantitative estimate of drug-likeness (QED) is 0.0775. The van der Waals surface area contributed by atoms with E-state index in [0.717, 1.165) is 25.7 Å². The predicted molar refractivity (Wildman–Crippen MR) is 153 cm³/mol. The molecule has 0 spiro atoms. The van der Waals surface area contributed by atoms with Crippen molar-refractivity contribution >= 4 is 11.9 Å². The molecule has 36 heavy (non-hydrogen) atoms. The molecule has 0 aliphatic rings. The van der Waals surface area contributed by atoms with E-state index >= 15 is 0 Å². The Hall–Kier alpha value is -1.06. The smallest absolute Gasteiger partial charge is 0.306 e. The van der Waals surface area contributed by atoms with Gasteiger partial charge in [0.1, 0.15) is 0 Å². The molecule has 1 unspecified atom stereocenters. The zero-order valence-corrected chi connectivity index (χ0v) is 24.6. The summed E-state index contributed by atoms with van der Waals surface area (Å²) in [6, 6.07) is 0. The van der Waals surface area contributed by atoms with Crippen molar-refractivity contribution in [1.82, 2.24) is 0 Å². The van der Waals surface area contributed by atoms with Gasteiger partial charge in [0.15, 0.2) is 0 Å². The minimum absolute atomic E-state index is 0.0650. The summed E-state index contributed by atoms with van der Waals surface area (Å²) in [7, 11) is 0. The Morgan fingerprint density at radius 2 is 0.861 bits per heavy atom. The standard InChI is InChI=1S/C32H62O4/c1-4-6-8-10-12-13-14-15-16-17-18-19-20-21-23-25-29-35-31(33)27-28-32(34)36-30(3)26-24-22-11-9-7-5-2/h30H,4-29H2,1-3H3. The molecule has 0 amide bonds. The molecule has 0 saturated carbocycles. The van der Waals surface area contributed by atoms with Gasteiger partial charge in [0.2, 0.25) is 0 Å². The van der Waals surface area contributed by atoms with Crippen molar-refractivity contribution in [1.29, 1.82) is 0 Å². The first-order valence-electron chi connectivity index (χ1n) is 15.9. The zero-order valence-electron chi connectivity index (χ0n) is 24.6. The molecule has 0 N–H and O–H groups in total. The molecule has 0 bridgehead atoms. The summed E-state index contributed by atoms with van der Waals surface area (Å²) in [6.45, 7) is 6.92. The number of esters is 2.